The van der Waals surface area contributed by atoms with E-state index in [-0.39, 0.29) is 11.4 Å². The van der Waals surface area contributed by atoms with Crippen molar-refractivity contribution in [2.75, 3.05) is 0 Å². The van der Waals surface area contributed by atoms with Gasteiger partial charge in [-0.15, -0.1) is 0 Å². The summed E-state index contributed by atoms with van der Waals surface area (Å²) in [6.07, 6.45) is 9.88. The molecule has 3 aliphatic rings. The van der Waals surface area contributed by atoms with Crippen LogP contribution < -0.4 is 4.74 Å². The van der Waals surface area contributed by atoms with Crippen LogP contribution in [0.1, 0.15) is 79.7 Å². The molecule has 2 aromatic carbocycles. The lowest BCUT2D eigenvalue weighted by Crippen LogP contribution is -2.46. The molecule has 1 aliphatic heterocycles. The molecule has 2 aliphatic carbocycles. The largest absolute Gasteiger partial charge is 0.487 e. The van der Waals surface area contributed by atoms with Crippen molar-refractivity contribution in [2.45, 2.75) is 64.4 Å². The predicted octanol–water partition coefficient (Wildman–Crippen LogP) is 7.28. The molecule has 5 nitrogen and oxygen atoms in total. The Hall–Kier alpha value is -3.47. The number of carbonyl (C=O) groups is 1. The van der Waals surface area contributed by atoms with Crippen LogP contribution in [0.15, 0.2) is 52.8 Å². The van der Waals surface area contributed by atoms with Gasteiger partial charge in [0.05, 0.1) is 34.2 Å². The fourth-order valence-electron chi connectivity index (χ4n) is 6.87. The highest BCUT2D eigenvalue weighted by Gasteiger charge is 2.47. The van der Waals surface area contributed by atoms with Crippen LogP contribution in [0.4, 0.5) is 0 Å². The van der Waals surface area contributed by atoms with Gasteiger partial charge in [0.15, 0.2) is 5.78 Å². The van der Waals surface area contributed by atoms with Gasteiger partial charge in [0.1, 0.15) is 17.6 Å². The third kappa shape index (κ3) is 3.18. The number of aromatic nitrogens is 2. The summed E-state index contributed by atoms with van der Waals surface area (Å²) in [5, 5.41) is 2.21. The third-order valence-electron chi connectivity index (χ3n) is 8.68. The summed E-state index contributed by atoms with van der Waals surface area (Å²) in [7, 11) is 0. The Morgan fingerprint density at radius 2 is 1.86 bits per heavy atom. The molecule has 0 unspecified atom stereocenters. The quantitative estimate of drug-likeness (QED) is 0.224. The summed E-state index contributed by atoms with van der Waals surface area (Å²) in [6.45, 7) is 6.86. The Bertz CT molecular complexity index is 1560. The number of rotatable bonds is 2. The second-order valence-corrected chi connectivity index (χ2v) is 11.4. The first-order valence-electron chi connectivity index (χ1n) is 13.1. The number of carbonyl (C=O) groups excluding carboxylic acids is 1. The molecule has 7 rings (SSSR count). The first-order valence-corrected chi connectivity index (χ1v) is 13.1. The zero-order valence-electron chi connectivity index (χ0n) is 21.0. The van der Waals surface area contributed by atoms with E-state index < -0.39 is 0 Å². The van der Waals surface area contributed by atoms with Crippen molar-refractivity contribution < 1.29 is 13.9 Å². The van der Waals surface area contributed by atoms with E-state index >= 15 is 0 Å². The van der Waals surface area contributed by atoms with E-state index in [1.807, 2.05) is 6.08 Å². The van der Waals surface area contributed by atoms with Crippen LogP contribution in [0.25, 0.3) is 27.9 Å². The van der Waals surface area contributed by atoms with Crippen LogP contribution in [-0.4, -0.2) is 21.4 Å². The van der Waals surface area contributed by atoms with E-state index in [1.165, 1.54) is 18.2 Å². The zero-order valence-corrected chi connectivity index (χ0v) is 21.0. The van der Waals surface area contributed by atoms with Crippen LogP contribution >= 0.6 is 0 Å². The lowest BCUT2D eigenvalue weighted by molar-refractivity contribution is -0.0115. The molecule has 0 amide bonds. The number of hydrogen-bond acceptors (Lipinski definition) is 5. The topological polar surface area (TPSA) is 65.2 Å². The second-order valence-electron chi connectivity index (χ2n) is 11.4. The van der Waals surface area contributed by atoms with Gasteiger partial charge in [-0.2, -0.15) is 0 Å². The van der Waals surface area contributed by atoms with Crippen LogP contribution in [0.5, 0.6) is 5.75 Å². The van der Waals surface area contributed by atoms with E-state index in [4.69, 9.17) is 19.1 Å². The van der Waals surface area contributed by atoms with E-state index in [9.17, 15) is 4.79 Å². The number of ketones is 1. The van der Waals surface area contributed by atoms with Crippen molar-refractivity contribution in [1.82, 2.24) is 9.97 Å². The fraction of sp³-hybridized carbons (Fsp3) is 0.387. The van der Waals surface area contributed by atoms with E-state index in [0.29, 0.717) is 36.2 Å². The third-order valence-corrected chi connectivity index (χ3v) is 8.68. The number of allylic oxidation sites excluding steroid dienone is 1. The van der Waals surface area contributed by atoms with Gasteiger partial charge in [0.25, 0.3) is 0 Å². The summed E-state index contributed by atoms with van der Waals surface area (Å²) >= 11 is 0. The van der Waals surface area contributed by atoms with Gasteiger partial charge in [-0.3, -0.25) is 4.79 Å². The van der Waals surface area contributed by atoms with Crippen LogP contribution in [0.3, 0.4) is 0 Å². The minimum Gasteiger partial charge on any atom is -0.487 e. The zero-order chi connectivity index (χ0) is 24.6. The number of fused-ring (bicyclic) bond motifs is 9. The molecule has 0 spiro atoms. The molecule has 3 atom stereocenters. The normalized spacial score (nSPS) is 24.4. The van der Waals surface area contributed by atoms with Gasteiger partial charge in [0, 0.05) is 27.8 Å². The predicted molar refractivity (Wildman–Crippen MR) is 140 cm³/mol. The lowest BCUT2D eigenvalue weighted by atomic mass is 9.64. The van der Waals surface area contributed by atoms with Gasteiger partial charge in [0.2, 0.25) is 0 Å². The lowest BCUT2D eigenvalue weighted by Gasteiger charge is -2.49. The van der Waals surface area contributed by atoms with Gasteiger partial charge in [-0.1, -0.05) is 37.6 Å². The number of hydrogen-bond donors (Lipinski definition) is 0. The van der Waals surface area contributed by atoms with E-state index in [1.54, 1.807) is 12.3 Å². The summed E-state index contributed by atoms with van der Waals surface area (Å²) in [6, 6.07) is 10.2. The molecular formula is C31H30N2O3. The van der Waals surface area contributed by atoms with Gasteiger partial charge < -0.3 is 9.15 Å². The van der Waals surface area contributed by atoms with Gasteiger partial charge >= 0.3 is 0 Å². The Kier molecular flexibility index (Phi) is 4.70. The fourth-order valence-corrected chi connectivity index (χ4v) is 6.87. The number of nitrogens with zero attached hydrogens (tertiary/aromatic N) is 2. The van der Waals surface area contributed by atoms with Crippen molar-refractivity contribution >= 4 is 33.7 Å². The summed E-state index contributed by atoms with van der Waals surface area (Å²) in [4.78, 5) is 23.5. The molecule has 1 saturated carbocycles. The first kappa shape index (κ1) is 21.8. The molecule has 5 heteroatoms. The van der Waals surface area contributed by atoms with Crippen LogP contribution in [0.2, 0.25) is 0 Å². The minimum absolute atomic E-state index is 0.00286. The van der Waals surface area contributed by atoms with E-state index in [0.717, 1.165) is 57.4 Å². The molecule has 0 bridgehead atoms. The molecule has 1 fully saturated rings. The van der Waals surface area contributed by atoms with Crippen molar-refractivity contribution in [2.24, 2.45) is 11.8 Å². The highest BCUT2D eigenvalue weighted by Crippen LogP contribution is 2.56. The van der Waals surface area contributed by atoms with E-state index in [2.05, 4.69) is 45.0 Å². The molecule has 3 heterocycles. The molecule has 2 aromatic heterocycles. The maximum atomic E-state index is 13.0. The van der Waals surface area contributed by atoms with Crippen molar-refractivity contribution in [3.05, 3.63) is 70.9 Å². The molecule has 0 radical (unpaired) electrons. The van der Waals surface area contributed by atoms with Crippen molar-refractivity contribution in [1.29, 1.82) is 0 Å². The molecule has 0 N–H and O–H groups in total. The average molecular weight is 479 g/mol. The Morgan fingerprint density at radius 3 is 2.67 bits per heavy atom. The highest BCUT2D eigenvalue weighted by atomic mass is 16.5. The van der Waals surface area contributed by atoms with Crippen LogP contribution in [-0.2, 0) is 6.42 Å². The maximum Gasteiger partial charge on any atom is 0.192 e. The smallest absolute Gasteiger partial charge is 0.192 e. The highest BCUT2D eigenvalue weighted by molar-refractivity contribution is 6.12. The summed E-state index contributed by atoms with van der Waals surface area (Å²) < 4.78 is 12.0. The summed E-state index contributed by atoms with van der Waals surface area (Å²) in [5.41, 5.74) is 5.99. The second kappa shape index (κ2) is 7.76. The molecule has 4 aromatic rings. The molecule has 36 heavy (non-hydrogen) atoms. The Morgan fingerprint density at radius 1 is 1.03 bits per heavy atom. The number of benzene rings is 2. The van der Waals surface area contributed by atoms with Crippen molar-refractivity contribution in [3.8, 4) is 5.75 Å². The average Bonchev–Trinajstić information content (AvgIpc) is 3.42. The number of furan rings is 1. The minimum atomic E-state index is -0.236. The van der Waals surface area contributed by atoms with Gasteiger partial charge in [-0.05, 0) is 63.5 Å². The molecule has 182 valence electrons. The van der Waals surface area contributed by atoms with Gasteiger partial charge in [-0.25, -0.2) is 9.97 Å². The summed E-state index contributed by atoms with van der Waals surface area (Å²) in [5.74, 6) is 2.47. The number of aryl methyl sites for hydroxylation is 1. The first-order chi connectivity index (χ1) is 17.4. The standard InChI is InChI=1S/C31H30N2O3/c1-17-8-10-23-22(14-17)26-28-27(20-6-4-5-7-21(20)30(26)36-31(23,2)3)32-24-11-9-18(15-25(24)33-28)29(34)19-12-13-35-16-19/h4-7,12-13,15-17,22-23H,8-11,14H2,1-3H3/t17-,22-,23-/m0/s1. The van der Waals surface area contributed by atoms with Crippen LogP contribution in [0, 0.1) is 11.8 Å². The number of Topliss-reactive ketones (excluding diaryl/α,β-unsaturated/α-hetero) is 1. The monoisotopic (exact) mass is 478 g/mol. The molecule has 0 saturated heterocycles. The van der Waals surface area contributed by atoms with Crippen molar-refractivity contribution in [3.63, 3.8) is 0 Å². The SMILES string of the molecule is C[C@H]1CC[C@H]2[C@H](C1)c1c(c3ccccc3c3nc4c(nc13)C=C(C(=O)c1ccoc1)CC4)OC2(C)C. The Labute approximate surface area is 210 Å². The Balaban J connectivity index is 1.49. The molecular weight excluding hydrogens is 448 g/mol. The maximum absolute atomic E-state index is 13.0. The number of ether oxygens (including phenoxy) is 1.